The molecule has 1 N–H and O–H groups in total. The van der Waals surface area contributed by atoms with Crippen LogP contribution in [0.3, 0.4) is 0 Å². The fraction of sp³-hybridized carbons (Fsp3) is 0.308. The van der Waals surface area contributed by atoms with Gasteiger partial charge in [0.1, 0.15) is 0 Å². The number of hydrogen-bond acceptors (Lipinski definition) is 2. The van der Waals surface area contributed by atoms with Gasteiger partial charge in [-0.2, -0.15) is 0 Å². The Balaban J connectivity index is 2.59. The van der Waals surface area contributed by atoms with Gasteiger partial charge in [0.15, 0.2) is 0 Å². The molecule has 2 rings (SSSR count). The fourth-order valence-electron chi connectivity index (χ4n) is 1.84. The second-order valence-electron chi connectivity index (χ2n) is 4.01. The molecule has 1 aromatic carbocycles. The number of likely N-dealkylation sites (N-methyl/N-ethyl adjacent to an activating group) is 1. The monoisotopic (exact) mass is 268 g/mol. The predicted octanol–water partition coefficient (Wildman–Crippen LogP) is 3.61. The van der Waals surface area contributed by atoms with Crippen molar-refractivity contribution in [2.75, 3.05) is 13.6 Å². The maximum Gasteiger partial charge on any atom is 0.0906 e. The number of benzene rings is 1. The largest absolute Gasteiger partial charge is 0.319 e. The van der Waals surface area contributed by atoms with Crippen LogP contribution in [0.4, 0.5) is 0 Å². The van der Waals surface area contributed by atoms with Crippen LogP contribution in [0.2, 0.25) is 10.0 Å². The third-order valence-corrected chi connectivity index (χ3v) is 3.46. The van der Waals surface area contributed by atoms with Gasteiger partial charge in [0, 0.05) is 11.1 Å². The molecule has 0 bridgehead atoms. The van der Waals surface area contributed by atoms with Gasteiger partial charge < -0.3 is 5.32 Å². The highest BCUT2D eigenvalue weighted by atomic mass is 35.5. The van der Waals surface area contributed by atoms with E-state index in [0.29, 0.717) is 10.0 Å². The van der Waals surface area contributed by atoms with Crippen LogP contribution >= 0.6 is 23.2 Å². The molecule has 0 spiro atoms. The van der Waals surface area contributed by atoms with E-state index in [4.69, 9.17) is 23.2 Å². The summed E-state index contributed by atoms with van der Waals surface area (Å²) >= 11 is 12.3. The van der Waals surface area contributed by atoms with E-state index in [9.17, 15) is 0 Å². The van der Waals surface area contributed by atoms with Crippen molar-refractivity contribution in [3.63, 3.8) is 0 Å². The second-order valence-corrected chi connectivity index (χ2v) is 4.83. The minimum Gasteiger partial charge on any atom is -0.319 e. The van der Waals surface area contributed by atoms with E-state index in [0.717, 1.165) is 29.6 Å². The average Bonchev–Trinajstić information content (AvgIpc) is 2.32. The van der Waals surface area contributed by atoms with Gasteiger partial charge in [-0.1, -0.05) is 23.2 Å². The Bertz CT molecular complexity index is 553. The zero-order chi connectivity index (χ0) is 12.4. The van der Waals surface area contributed by atoms with Gasteiger partial charge in [-0.15, -0.1) is 0 Å². The number of halogens is 2. The van der Waals surface area contributed by atoms with Crippen LogP contribution in [-0.2, 0) is 6.42 Å². The Kier molecular flexibility index (Phi) is 3.87. The summed E-state index contributed by atoms with van der Waals surface area (Å²) in [7, 11) is 1.94. The molecule has 90 valence electrons. The van der Waals surface area contributed by atoms with E-state index in [-0.39, 0.29) is 0 Å². The van der Waals surface area contributed by atoms with Gasteiger partial charge in [-0.3, -0.25) is 4.98 Å². The average molecular weight is 269 g/mol. The Labute approximate surface area is 111 Å². The molecular weight excluding hydrogens is 255 g/mol. The Morgan fingerprint density at radius 3 is 2.65 bits per heavy atom. The van der Waals surface area contributed by atoms with Gasteiger partial charge in [-0.05, 0) is 50.7 Å². The number of hydrogen-bond donors (Lipinski definition) is 1. The van der Waals surface area contributed by atoms with Crippen molar-refractivity contribution in [3.05, 3.63) is 39.5 Å². The number of fused-ring (bicyclic) bond motifs is 1. The summed E-state index contributed by atoms with van der Waals surface area (Å²) in [6.07, 6.45) is 0.939. The lowest BCUT2D eigenvalue weighted by Gasteiger charge is -2.09. The summed E-state index contributed by atoms with van der Waals surface area (Å²) in [6.45, 7) is 2.92. The van der Waals surface area contributed by atoms with E-state index in [1.54, 1.807) is 6.07 Å². The second kappa shape index (κ2) is 5.21. The molecule has 0 aliphatic heterocycles. The first-order valence-corrected chi connectivity index (χ1v) is 6.28. The highest BCUT2D eigenvalue weighted by molar-refractivity contribution is 6.39. The lowest BCUT2D eigenvalue weighted by atomic mass is 10.1. The van der Waals surface area contributed by atoms with Crippen molar-refractivity contribution in [2.24, 2.45) is 0 Å². The summed E-state index contributed by atoms with van der Waals surface area (Å²) in [4.78, 5) is 4.54. The lowest BCUT2D eigenvalue weighted by molar-refractivity contribution is 0.786. The molecule has 0 fully saturated rings. The molecular formula is C13H14Cl2N2. The SMILES string of the molecule is CNCCc1cc2c(Cl)ccc(Cl)c2nc1C. The third kappa shape index (κ3) is 2.54. The summed E-state index contributed by atoms with van der Waals surface area (Å²) in [5.74, 6) is 0. The summed E-state index contributed by atoms with van der Waals surface area (Å²) in [5.41, 5.74) is 3.00. The van der Waals surface area contributed by atoms with E-state index in [1.165, 1.54) is 5.56 Å². The first kappa shape index (κ1) is 12.6. The third-order valence-electron chi connectivity index (χ3n) is 2.82. The number of aromatic nitrogens is 1. The summed E-state index contributed by atoms with van der Waals surface area (Å²) in [5, 5.41) is 5.40. The van der Waals surface area contributed by atoms with E-state index >= 15 is 0 Å². The Morgan fingerprint density at radius 2 is 1.94 bits per heavy atom. The minimum absolute atomic E-state index is 0.646. The van der Waals surface area contributed by atoms with Crippen molar-refractivity contribution in [3.8, 4) is 0 Å². The molecule has 0 saturated heterocycles. The number of nitrogens with one attached hydrogen (secondary N) is 1. The van der Waals surface area contributed by atoms with Crippen LogP contribution in [0.1, 0.15) is 11.3 Å². The van der Waals surface area contributed by atoms with E-state index in [2.05, 4.69) is 16.4 Å². The quantitative estimate of drug-likeness (QED) is 0.920. The molecule has 0 atom stereocenters. The van der Waals surface area contributed by atoms with Gasteiger partial charge in [0.25, 0.3) is 0 Å². The van der Waals surface area contributed by atoms with Crippen molar-refractivity contribution in [1.82, 2.24) is 10.3 Å². The molecule has 1 aromatic heterocycles. The molecule has 0 aliphatic carbocycles. The van der Waals surface area contributed by atoms with Crippen molar-refractivity contribution in [2.45, 2.75) is 13.3 Å². The minimum atomic E-state index is 0.646. The zero-order valence-corrected chi connectivity index (χ0v) is 11.4. The van der Waals surface area contributed by atoms with Crippen LogP contribution in [0.5, 0.6) is 0 Å². The maximum absolute atomic E-state index is 6.17. The molecule has 0 saturated carbocycles. The highest BCUT2D eigenvalue weighted by Crippen LogP contribution is 2.29. The molecule has 2 aromatic rings. The molecule has 17 heavy (non-hydrogen) atoms. The Morgan fingerprint density at radius 1 is 1.24 bits per heavy atom. The molecule has 1 heterocycles. The first-order chi connectivity index (χ1) is 8.13. The van der Waals surface area contributed by atoms with Crippen molar-refractivity contribution < 1.29 is 0 Å². The molecule has 2 nitrogen and oxygen atoms in total. The van der Waals surface area contributed by atoms with E-state index in [1.807, 2.05) is 20.0 Å². The van der Waals surface area contributed by atoms with Crippen LogP contribution in [0, 0.1) is 6.92 Å². The molecule has 4 heteroatoms. The van der Waals surface area contributed by atoms with Crippen molar-refractivity contribution >= 4 is 34.1 Å². The van der Waals surface area contributed by atoms with Gasteiger partial charge in [-0.25, -0.2) is 0 Å². The summed E-state index contributed by atoms with van der Waals surface area (Å²) < 4.78 is 0. The lowest BCUT2D eigenvalue weighted by Crippen LogP contribution is -2.11. The predicted molar refractivity (Wildman–Crippen MR) is 74.1 cm³/mol. The molecule has 0 aliphatic rings. The number of pyridine rings is 1. The van der Waals surface area contributed by atoms with Gasteiger partial charge in [0.05, 0.1) is 15.6 Å². The smallest absolute Gasteiger partial charge is 0.0906 e. The van der Waals surface area contributed by atoms with Crippen molar-refractivity contribution in [1.29, 1.82) is 0 Å². The normalized spacial score (nSPS) is 11.1. The van der Waals surface area contributed by atoms with Gasteiger partial charge in [0.2, 0.25) is 0 Å². The maximum atomic E-state index is 6.17. The number of rotatable bonds is 3. The molecule has 0 radical (unpaired) electrons. The molecule has 0 amide bonds. The number of nitrogens with zero attached hydrogens (tertiary/aromatic N) is 1. The Hall–Kier alpha value is -0.830. The van der Waals surface area contributed by atoms with E-state index < -0.39 is 0 Å². The molecule has 0 unspecified atom stereocenters. The van der Waals surface area contributed by atoms with Crippen LogP contribution in [0.25, 0.3) is 10.9 Å². The zero-order valence-electron chi connectivity index (χ0n) is 9.85. The van der Waals surface area contributed by atoms with Gasteiger partial charge >= 0.3 is 0 Å². The topological polar surface area (TPSA) is 24.9 Å². The van der Waals surface area contributed by atoms with Crippen LogP contribution in [0.15, 0.2) is 18.2 Å². The number of aryl methyl sites for hydroxylation is 1. The highest BCUT2D eigenvalue weighted by Gasteiger charge is 2.08. The first-order valence-electron chi connectivity index (χ1n) is 5.52. The standard InChI is InChI=1S/C13H14Cl2N2/c1-8-9(5-6-16-2)7-10-11(14)3-4-12(15)13(10)17-8/h3-4,7,16H,5-6H2,1-2H3. The summed E-state index contributed by atoms with van der Waals surface area (Å²) in [6, 6.07) is 5.68. The van der Waals surface area contributed by atoms with Crippen LogP contribution in [-0.4, -0.2) is 18.6 Å². The fourth-order valence-corrected chi connectivity index (χ4v) is 2.25. The van der Waals surface area contributed by atoms with Crippen LogP contribution < -0.4 is 5.32 Å².